The van der Waals surface area contributed by atoms with Crippen molar-refractivity contribution in [2.75, 3.05) is 0 Å². The fourth-order valence-electron chi connectivity index (χ4n) is 9.54. The molecule has 0 spiro atoms. The van der Waals surface area contributed by atoms with Gasteiger partial charge in [-0.1, -0.05) is 51.1 Å². The quantitative estimate of drug-likeness (QED) is 0.477. The van der Waals surface area contributed by atoms with Gasteiger partial charge in [0.15, 0.2) is 0 Å². The summed E-state index contributed by atoms with van der Waals surface area (Å²) in [5.41, 5.74) is 7.31. The Bertz CT molecular complexity index is 922. The molecule has 0 unspecified atom stereocenters. The lowest BCUT2D eigenvalue weighted by Crippen LogP contribution is -2.62. The van der Waals surface area contributed by atoms with E-state index in [-0.39, 0.29) is 41.0 Å². The molecule has 4 aliphatic rings. The topological polar surface area (TPSA) is 92.8 Å². The van der Waals surface area contributed by atoms with Gasteiger partial charge in [0.25, 0.3) is 0 Å². The van der Waals surface area contributed by atoms with Gasteiger partial charge < -0.3 is 20.7 Å². The molecule has 0 bridgehead atoms. The summed E-state index contributed by atoms with van der Waals surface area (Å²) in [5, 5.41) is 23.2. The number of aliphatic hydroxyl groups excluding tert-OH is 2. The number of nitrogens with two attached hydrogens (primary N) is 1. The standard InChI is InChI=1S/C31H47NO4/c1-19(9-12-28(35)36-18-20-7-5-4-6-8-20)23-10-11-24-29-25(17-27(34)31(23,24)3)30(2)14-13-22(32)15-21(30)16-26(29)33/h4-8,19,21-27,29,33-34H,9-18,32H2,1-3H3/t19-,21+,22+,23-,24+,25+,26-,27+,29+,30+,31-/m1/s1. The van der Waals surface area contributed by atoms with Crippen LogP contribution in [0.15, 0.2) is 30.3 Å². The third-order valence-corrected chi connectivity index (χ3v) is 11.6. The molecule has 4 N–H and O–H groups in total. The van der Waals surface area contributed by atoms with Gasteiger partial charge in [0.2, 0.25) is 0 Å². The predicted molar refractivity (Wildman–Crippen MR) is 141 cm³/mol. The minimum atomic E-state index is -0.359. The molecule has 200 valence electrons. The first-order chi connectivity index (χ1) is 17.1. The first-order valence-electron chi connectivity index (χ1n) is 14.5. The van der Waals surface area contributed by atoms with Crippen molar-refractivity contribution in [3.63, 3.8) is 0 Å². The van der Waals surface area contributed by atoms with E-state index in [0.29, 0.717) is 42.6 Å². The highest BCUT2D eigenvalue weighted by Crippen LogP contribution is 2.68. The van der Waals surface area contributed by atoms with Crippen molar-refractivity contribution in [3.05, 3.63) is 35.9 Å². The highest BCUT2D eigenvalue weighted by molar-refractivity contribution is 5.69. The Labute approximate surface area is 217 Å². The zero-order valence-electron chi connectivity index (χ0n) is 22.4. The van der Waals surface area contributed by atoms with E-state index in [1.165, 1.54) is 0 Å². The second-order valence-corrected chi connectivity index (χ2v) is 13.3. The first-order valence-corrected chi connectivity index (χ1v) is 14.5. The summed E-state index contributed by atoms with van der Waals surface area (Å²) in [6, 6.07) is 10.1. The number of ether oxygens (including phenoxy) is 1. The lowest BCUT2D eigenvalue weighted by Gasteiger charge is -2.63. The monoisotopic (exact) mass is 497 g/mol. The van der Waals surface area contributed by atoms with Crippen LogP contribution >= 0.6 is 0 Å². The SMILES string of the molecule is C[C@H](CCC(=O)OCc1ccccc1)[C@H]1CC[C@H]2[C@@H]3[C@H](O)C[C@@H]4C[C@@H](N)CC[C@]4(C)[C@H]3C[C@H](O)[C@]12C. The van der Waals surface area contributed by atoms with E-state index in [1.807, 2.05) is 30.3 Å². The van der Waals surface area contributed by atoms with Crippen molar-refractivity contribution in [2.24, 2.45) is 52.1 Å². The molecular weight excluding hydrogens is 450 g/mol. The van der Waals surface area contributed by atoms with Crippen LogP contribution in [-0.4, -0.2) is 34.4 Å². The highest BCUT2D eigenvalue weighted by Gasteiger charge is 2.65. The normalized spacial score (nSPS) is 44.7. The van der Waals surface area contributed by atoms with Gasteiger partial charge in [0.1, 0.15) is 6.61 Å². The molecule has 4 fully saturated rings. The summed E-state index contributed by atoms with van der Waals surface area (Å²) in [6.45, 7) is 7.29. The number of benzene rings is 1. The maximum absolute atomic E-state index is 12.5. The Balaban J connectivity index is 1.25. The molecule has 4 saturated carbocycles. The highest BCUT2D eigenvalue weighted by atomic mass is 16.5. The van der Waals surface area contributed by atoms with Crippen LogP contribution in [0, 0.1) is 46.3 Å². The number of aliphatic hydroxyl groups is 2. The fourth-order valence-corrected chi connectivity index (χ4v) is 9.54. The third-order valence-electron chi connectivity index (χ3n) is 11.6. The molecule has 1 aromatic carbocycles. The van der Waals surface area contributed by atoms with Gasteiger partial charge in [-0.05, 0) is 103 Å². The molecule has 0 amide bonds. The zero-order valence-corrected chi connectivity index (χ0v) is 22.4. The predicted octanol–water partition coefficient (Wildman–Crippen LogP) is 5.07. The van der Waals surface area contributed by atoms with Crippen LogP contribution in [-0.2, 0) is 16.1 Å². The van der Waals surface area contributed by atoms with Crippen LogP contribution in [0.1, 0.15) is 84.1 Å². The van der Waals surface area contributed by atoms with Crippen LogP contribution < -0.4 is 5.73 Å². The molecule has 5 nitrogen and oxygen atoms in total. The average molecular weight is 498 g/mol. The molecule has 4 aliphatic carbocycles. The number of hydrogen-bond donors (Lipinski definition) is 3. The van der Waals surface area contributed by atoms with Crippen LogP contribution in [0.25, 0.3) is 0 Å². The smallest absolute Gasteiger partial charge is 0.306 e. The molecule has 0 heterocycles. The lowest BCUT2D eigenvalue weighted by atomic mass is 9.43. The van der Waals surface area contributed by atoms with Gasteiger partial charge in [-0.2, -0.15) is 0 Å². The second-order valence-electron chi connectivity index (χ2n) is 13.3. The summed E-state index contributed by atoms with van der Waals surface area (Å²) < 4.78 is 5.52. The number of esters is 1. The number of carbonyl (C=O) groups is 1. The maximum Gasteiger partial charge on any atom is 0.306 e. The summed E-state index contributed by atoms with van der Waals surface area (Å²) in [7, 11) is 0. The van der Waals surface area contributed by atoms with Crippen molar-refractivity contribution in [2.45, 2.75) is 103 Å². The Morgan fingerprint density at radius 1 is 1.08 bits per heavy atom. The summed E-state index contributed by atoms with van der Waals surface area (Å²) in [5.74, 6) is 1.98. The van der Waals surface area contributed by atoms with Crippen molar-refractivity contribution in [1.82, 2.24) is 0 Å². The van der Waals surface area contributed by atoms with Gasteiger partial charge in [-0.25, -0.2) is 0 Å². The molecule has 0 aromatic heterocycles. The first kappa shape index (κ1) is 26.2. The molecular formula is C31H47NO4. The van der Waals surface area contributed by atoms with Gasteiger partial charge in [0, 0.05) is 12.5 Å². The van der Waals surface area contributed by atoms with Gasteiger partial charge >= 0.3 is 5.97 Å². The van der Waals surface area contributed by atoms with Crippen molar-refractivity contribution >= 4 is 5.97 Å². The Morgan fingerprint density at radius 2 is 1.83 bits per heavy atom. The van der Waals surface area contributed by atoms with E-state index < -0.39 is 0 Å². The fraction of sp³-hybridized carbons (Fsp3) is 0.774. The number of fused-ring (bicyclic) bond motifs is 5. The maximum atomic E-state index is 12.5. The Kier molecular flexibility index (Phi) is 7.30. The minimum Gasteiger partial charge on any atom is -0.461 e. The van der Waals surface area contributed by atoms with Gasteiger partial charge in [-0.15, -0.1) is 0 Å². The molecule has 11 atom stereocenters. The second kappa shape index (κ2) is 10.0. The van der Waals surface area contributed by atoms with Crippen molar-refractivity contribution in [1.29, 1.82) is 0 Å². The number of hydrogen-bond acceptors (Lipinski definition) is 5. The zero-order chi connectivity index (χ0) is 25.7. The van der Waals surface area contributed by atoms with Crippen molar-refractivity contribution in [3.8, 4) is 0 Å². The summed E-state index contributed by atoms with van der Waals surface area (Å²) in [6.07, 6.45) is 7.52. The van der Waals surface area contributed by atoms with Gasteiger partial charge in [-0.3, -0.25) is 4.79 Å². The molecule has 0 saturated heterocycles. The van der Waals surface area contributed by atoms with E-state index in [1.54, 1.807) is 0 Å². The molecule has 36 heavy (non-hydrogen) atoms. The Morgan fingerprint density at radius 3 is 2.58 bits per heavy atom. The number of carbonyl (C=O) groups excluding carboxylic acids is 1. The van der Waals surface area contributed by atoms with E-state index in [0.717, 1.165) is 56.9 Å². The van der Waals surface area contributed by atoms with Crippen molar-refractivity contribution < 1.29 is 19.7 Å². The lowest BCUT2D eigenvalue weighted by molar-refractivity contribution is -0.202. The van der Waals surface area contributed by atoms with E-state index in [4.69, 9.17) is 10.5 Å². The third kappa shape index (κ3) is 4.43. The number of rotatable bonds is 6. The minimum absolute atomic E-state index is 0.146. The molecule has 5 heteroatoms. The summed E-state index contributed by atoms with van der Waals surface area (Å²) >= 11 is 0. The van der Waals surface area contributed by atoms with E-state index in [9.17, 15) is 15.0 Å². The van der Waals surface area contributed by atoms with E-state index in [2.05, 4.69) is 20.8 Å². The van der Waals surface area contributed by atoms with E-state index >= 15 is 0 Å². The van der Waals surface area contributed by atoms with Crippen LogP contribution in [0.4, 0.5) is 0 Å². The summed E-state index contributed by atoms with van der Waals surface area (Å²) in [4.78, 5) is 12.5. The Hall–Kier alpha value is -1.43. The molecule has 5 rings (SSSR count). The van der Waals surface area contributed by atoms with Crippen LogP contribution in [0.3, 0.4) is 0 Å². The average Bonchev–Trinajstić information content (AvgIpc) is 3.22. The van der Waals surface area contributed by atoms with Gasteiger partial charge in [0.05, 0.1) is 12.2 Å². The van der Waals surface area contributed by atoms with Crippen LogP contribution in [0.5, 0.6) is 0 Å². The largest absolute Gasteiger partial charge is 0.461 e. The molecule has 0 aliphatic heterocycles. The molecule has 0 radical (unpaired) electrons. The van der Waals surface area contributed by atoms with Crippen LogP contribution in [0.2, 0.25) is 0 Å². The molecule has 1 aromatic rings.